The number of sulfonamides is 1. The fraction of sp³-hybridized carbons (Fsp3) is 0.455. The summed E-state index contributed by atoms with van der Waals surface area (Å²) in [5.74, 6) is 1.08. The Morgan fingerprint density at radius 3 is 2.81 bits per heavy atom. The molecule has 0 amide bonds. The minimum Gasteiger partial charge on any atom is -0.497 e. The van der Waals surface area contributed by atoms with Gasteiger partial charge in [0.15, 0.2) is 0 Å². The second kappa shape index (κ2) is 4.43. The summed E-state index contributed by atoms with van der Waals surface area (Å²) in [6.45, 7) is 0.541. The Morgan fingerprint density at radius 1 is 1.44 bits per heavy atom. The van der Waals surface area contributed by atoms with Crippen LogP contribution in [-0.2, 0) is 10.0 Å². The van der Waals surface area contributed by atoms with Gasteiger partial charge in [-0.1, -0.05) is 6.07 Å². The normalized spacial score (nSPS) is 16.1. The first-order valence-electron chi connectivity index (χ1n) is 5.25. The number of hydrogen-bond acceptors (Lipinski definition) is 3. The summed E-state index contributed by atoms with van der Waals surface area (Å²) in [6.07, 6.45) is 2.25. The summed E-state index contributed by atoms with van der Waals surface area (Å²) in [5.41, 5.74) is 0. The number of nitrogens with one attached hydrogen (secondary N) is 1. The van der Waals surface area contributed by atoms with Gasteiger partial charge < -0.3 is 4.74 Å². The molecular formula is C11H15NO3S. The van der Waals surface area contributed by atoms with Crippen LogP contribution in [0.1, 0.15) is 12.8 Å². The standard InChI is InChI=1S/C11H15NO3S/c1-15-10-3-2-4-11(7-10)16(13,14)12-8-9-5-6-9/h2-4,7,9,12H,5-6,8H2,1H3. The van der Waals surface area contributed by atoms with Gasteiger partial charge in [0.05, 0.1) is 12.0 Å². The maximum Gasteiger partial charge on any atom is 0.240 e. The predicted octanol–water partition coefficient (Wildman–Crippen LogP) is 1.38. The van der Waals surface area contributed by atoms with Crippen LogP contribution in [-0.4, -0.2) is 22.1 Å². The van der Waals surface area contributed by atoms with Crippen molar-refractivity contribution in [3.05, 3.63) is 24.3 Å². The average molecular weight is 241 g/mol. The molecule has 1 aromatic rings. The third-order valence-electron chi connectivity index (χ3n) is 2.61. The summed E-state index contributed by atoms with van der Waals surface area (Å²) in [6, 6.07) is 6.48. The number of methoxy groups -OCH3 is 1. The molecule has 2 rings (SSSR count). The highest BCUT2D eigenvalue weighted by Crippen LogP contribution is 2.28. The van der Waals surface area contributed by atoms with Crippen LogP contribution in [0.25, 0.3) is 0 Å². The van der Waals surface area contributed by atoms with Crippen LogP contribution in [0.2, 0.25) is 0 Å². The Hall–Kier alpha value is -1.07. The van der Waals surface area contributed by atoms with Crippen molar-refractivity contribution in [2.45, 2.75) is 17.7 Å². The minimum absolute atomic E-state index is 0.257. The van der Waals surface area contributed by atoms with E-state index in [1.165, 1.54) is 13.2 Å². The van der Waals surface area contributed by atoms with Crippen LogP contribution < -0.4 is 9.46 Å². The van der Waals surface area contributed by atoms with Crippen molar-refractivity contribution in [1.29, 1.82) is 0 Å². The Labute approximate surface area is 95.7 Å². The van der Waals surface area contributed by atoms with Crippen LogP contribution in [0.5, 0.6) is 5.75 Å². The SMILES string of the molecule is COc1cccc(S(=O)(=O)NCC2CC2)c1. The largest absolute Gasteiger partial charge is 0.497 e. The molecule has 0 radical (unpaired) electrons. The highest BCUT2D eigenvalue weighted by Gasteiger charge is 2.24. The molecule has 1 aliphatic rings. The zero-order valence-corrected chi connectivity index (χ0v) is 9.96. The number of rotatable bonds is 5. The van der Waals surface area contributed by atoms with Crippen LogP contribution in [0.15, 0.2) is 29.2 Å². The Morgan fingerprint density at radius 2 is 2.19 bits per heavy atom. The van der Waals surface area contributed by atoms with E-state index in [0.29, 0.717) is 18.2 Å². The average Bonchev–Trinajstić information content (AvgIpc) is 3.10. The van der Waals surface area contributed by atoms with Gasteiger partial charge in [0, 0.05) is 12.6 Å². The van der Waals surface area contributed by atoms with E-state index in [4.69, 9.17) is 4.74 Å². The summed E-state index contributed by atoms with van der Waals surface area (Å²) >= 11 is 0. The molecule has 1 saturated carbocycles. The smallest absolute Gasteiger partial charge is 0.240 e. The van der Waals surface area contributed by atoms with Crippen LogP contribution >= 0.6 is 0 Å². The lowest BCUT2D eigenvalue weighted by atomic mass is 10.3. The highest BCUT2D eigenvalue weighted by atomic mass is 32.2. The Balaban J connectivity index is 2.13. The van der Waals surface area contributed by atoms with E-state index in [0.717, 1.165) is 12.8 Å². The van der Waals surface area contributed by atoms with E-state index in [1.54, 1.807) is 18.2 Å². The zero-order valence-electron chi connectivity index (χ0n) is 9.14. The van der Waals surface area contributed by atoms with Gasteiger partial charge in [0.25, 0.3) is 0 Å². The van der Waals surface area contributed by atoms with Crippen molar-refractivity contribution in [3.8, 4) is 5.75 Å². The van der Waals surface area contributed by atoms with Gasteiger partial charge >= 0.3 is 0 Å². The molecule has 0 atom stereocenters. The molecule has 0 unspecified atom stereocenters. The molecule has 16 heavy (non-hydrogen) atoms. The van der Waals surface area contributed by atoms with Gasteiger partial charge in [-0.15, -0.1) is 0 Å². The lowest BCUT2D eigenvalue weighted by Gasteiger charge is -2.07. The number of benzene rings is 1. The molecule has 1 N–H and O–H groups in total. The molecule has 1 aliphatic carbocycles. The van der Waals surface area contributed by atoms with Gasteiger partial charge in [-0.3, -0.25) is 0 Å². The molecule has 0 spiro atoms. The number of hydrogen-bond donors (Lipinski definition) is 1. The summed E-state index contributed by atoms with van der Waals surface area (Å²) < 4.78 is 31.3. The first-order chi connectivity index (χ1) is 7.62. The van der Waals surface area contributed by atoms with Gasteiger partial charge in [-0.05, 0) is 30.9 Å². The maximum atomic E-state index is 11.9. The fourth-order valence-corrected chi connectivity index (χ4v) is 2.55. The van der Waals surface area contributed by atoms with E-state index in [-0.39, 0.29) is 4.90 Å². The van der Waals surface area contributed by atoms with E-state index < -0.39 is 10.0 Å². The van der Waals surface area contributed by atoms with Gasteiger partial charge in [-0.25, -0.2) is 13.1 Å². The molecule has 0 aromatic heterocycles. The van der Waals surface area contributed by atoms with Gasteiger partial charge in [-0.2, -0.15) is 0 Å². The molecule has 1 aromatic carbocycles. The zero-order chi connectivity index (χ0) is 11.6. The van der Waals surface area contributed by atoms with Crippen molar-refractivity contribution < 1.29 is 13.2 Å². The fourth-order valence-electron chi connectivity index (χ4n) is 1.40. The molecule has 4 nitrogen and oxygen atoms in total. The molecular weight excluding hydrogens is 226 g/mol. The van der Waals surface area contributed by atoms with E-state index >= 15 is 0 Å². The summed E-state index contributed by atoms with van der Waals surface area (Å²) in [4.78, 5) is 0.257. The molecule has 1 fully saturated rings. The quantitative estimate of drug-likeness (QED) is 0.847. The molecule has 5 heteroatoms. The second-order valence-electron chi connectivity index (χ2n) is 3.97. The molecule has 0 heterocycles. The van der Waals surface area contributed by atoms with E-state index in [9.17, 15) is 8.42 Å². The Kier molecular flexibility index (Phi) is 3.16. The molecule has 0 saturated heterocycles. The maximum absolute atomic E-state index is 11.9. The third-order valence-corrected chi connectivity index (χ3v) is 4.03. The van der Waals surface area contributed by atoms with Crippen molar-refractivity contribution in [2.24, 2.45) is 5.92 Å². The topological polar surface area (TPSA) is 55.4 Å². The van der Waals surface area contributed by atoms with Crippen molar-refractivity contribution >= 4 is 10.0 Å². The van der Waals surface area contributed by atoms with Gasteiger partial charge in [0.2, 0.25) is 10.0 Å². The van der Waals surface area contributed by atoms with E-state index in [2.05, 4.69) is 4.72 Å². The van der Waals surface area contributed by atoms with Crippen LogP contribution in [0.3, 0.4) is 0 Å². The molecule has 0 aliphatic heterocycles. The summed E-state index contributed by atoms with van der Waals surface area (Å²) in [7, 11) is -1.86. The Bertz CT molecular complexity index is 466. The molecule has 88 valence electrons. The first-order valence-corrected chi connectivity index (χ1v) is 6.74. The minimum atomic E-state index is -3.38. The monoisotopic (exact) mass is 241 g/mol. The van der Waals surface area contributed by atoms with Crippen LogP contribution in [0.4, 0.5) is 0 Å². The highest BCUT2D eigenvalue weighted by molar-refractivity contribution is 7.89. The van der Waals surface area contributed by atoms with Crippen molar-refractivity contribution in [2.75, 3.05) is 13.7 Å². The number of ether oxygens (including phenoxy) is 1. The lowest BCUT2D eigenvalue weighted by molar-refractivity contribution is 0.413. The predicted molar refractivity (Wildman–Crippen MR) is 60.9 cm³/mol. The van der Waals surface area contributed by atoms with Crippen molar-refractivity contribution in [1.82, 2.24) is 4.72 Å². The first kappa shape index (κ1) is 11.4. The second-order valence-corrected chi connectivity index (χ2v) is 5.74. The lowest BCUT2D eigenvalue weighted by Crippen LogP contribution is -2.25. The third kappa shape index (κ3) is 2.74. The van der Waals surface area contributed by atoms with Crippen molar-refractivity contribution in [3.63, 3.8) is 0 Å². The van der Waals surface area contributed by atoms with E-state index in [1.807, 2.05) is 0 Å². The summed E-state index contributed by atoms with van der Waals surface area (Å²) in [5, 5.41) is 0. The van der Waals surface area contributed by atoms with Gasteiger partial charge in [0.1, 0.15) is 5.75 Å². The molecule has 0 bridgehead atoms. The van der Waals surface area contributed by atoms with Crippen LogP contribution in [0, 0.1) is 5.92 Å².